The van der Waals surface area contributed by atoms with E-state index in [-0.39, 0.29) is 5.91 Å². The number of aryl methyl sites for hydroxylation is 1. The summed E-state index contributed by atoms with van der Waals surface area (Å²) in [5.74, 6) is 0.523. The van der Waals surface area contributed by atoms with Crippen LogP contribution in [0.15, 0.2) is 71.8 Å². The Bertz CT molecular complexity index is 1350. The van der Waals surface area contributed by atoms with E-state index in [1.54, 1.807) is 26.5 Å². The number of thiazole rings is 1. The number of hydrogen-bond donors (Lipinski definition) is 2. The van der Waals surface area contributed by atoms with Crippen molar-refractivity contribution in [3.05, 3.63) is 89.2 Å². The van der Waals surface area contributed by atoms with Crippen LogP contribution in [0.2, 0.25) is 0 Å². The van der Waals surface area contributed by atoms with Gasteiger partial charge >= 0.3 is 0 Å². The predicted molar refractivity (Wildman–Crippen MR) is 137 cm³/mol. The normalized spacial score (nSPS) is 10.9. The predicted octanol–water partition coefficient (Wildman–Crippen LogP) is 5.97. The van der Waals surface area contributed by atoms with Crippen LogP contribution >= 0.6 is 11.3 Å². The molecule has 0 radical (unpaired) electrons. The van der Waals surface area contributed by atoms with Crippen LogP contribution in [0.4, 0.5) is 14.5 Å². The molecule has 0 fully saturated rings. The number of aromatic nitrogens is 1. The second-order valence-electron chi connectivity index (χ2n) is 7.50. The molecule has 0 unspecified atom stereocenters. The van der Waals surface area contributed by atoms with Crippen molar-refractivity contribution in [2.75, 3.05) is 25.0 Å². The van der Waals surface area contributed by atoms with Crippen molar-refractivity contribution in [1.82, 2.24) is 4.98 Å². The molecule has 4 rings (SSSR count). The monoisotopic (exact) mass is 490 g/mol. The van der Waals surface area contributed by atoms with Gasteiger partial charge in [0, 0.05) is 22.8 Å². The number of rotatable bonds is 8. The Balaban J connectivity index is 1.59. The molecule has 1 aromatic heterocycles. The van der Waals surface area contributed by atoms with Gasteiger partial charge in [-0.3, -0.25) is 10.2 Å². The Morgan fingerprint density at radius 3 is 2.46 bits per heavy atom. The molecule has 1 amide bonds. The molecule has 1 heterocycles. The van der Waals surface area contributed by atoms with E-state index in [1.165, 1.54) is 35.6 Å². The fraction of sp³-hybridized carbons (Fsp3) is 0.115. The summed E-state index contributed by atoms with van der Waals surface area (Å²) in [4.78, 5) is 17.4. The van der Waals surface area contributed by atoms with E-state index in [0.717, 1.165) is 16.7 Å². The lowest BCUT2D eigenvalue weighted by atomic mass is 10.1. The van der Waals surface area contributed by atoms with Gasteiger partial charge in [0.05, 0.1) is 20.4 Å². The van der Waals surface area contributed by atoms with E-state index in [1.807, 2.05) is 43.3 Å². The van der Waals surface area contributed by atoms with Crippen molar-refractivity contribution in [1.29, 1.82) is 0 Å². The van der Waals surface area contributed by atoms with Crippen LogP contribution in [0, 0.1) is 12.7 Å². The van der Waals surface area contributed by atoms with Crippen molar-refractivity contribution >= 4 is 33.6 Å². The molecule has 7 nitrogen and oxygen atoms in total. The smallest absolute Gasteiger partial charge is 0.256 e. The minimum atomic E-state index is -0.405. The Hall–Kier alpha value is -4.24. The maximum Gasteiger partial charge on any atom is 0.256 e. The van der Waals surface area contributed by atoms with Gasteiger partial charge in [-0.1, -0.05) is 41.2 Å². The van der Waals surface area contributed by atoms with E-state index in [2.05, 4.69) is 20.8 Å². The first-order valence-electron chi connectivity index (χ1n) is 10.6. The number of hydrazone groups is 1. The molecule has 2 N–H and O–H groups in total. The van der Waals surface area contributed by atoms with Crippen molar-refractivity contribution in [3.63, 3.8) is 0 Å². The highest BCUT2D eigenvalue weighted by molar-refractivity contribution is 7.20. The summed E-state index contributed by atoms with van der Waals surface area (Å²) in [7, 11) is 3.16. The molecule has 35 heavy (non-hydrogen) atoms. The number of carbonyl (C=O) groups is 1. The lowest BCUT2D eigenvalue weighted by Crippen LogP contribution is -2.11. The van der Waals surface area contributed by atoms with E-state index in [0.29, 0.717) is 32.9 Å². The van der Waals surface area contributed by atoms with Crippen LogP contribution in [0.3, 0.4) is 0 Å². The minimum absolute atomic E-state index is 0.341. The summed E-state index contributed by atoms with van der Waals surface area (Å²) in [5, 5.41) is 8.20. The molecule has 0 saturated carbocycles. The summed E-state index contributed by atoms with van der Waals surface area (Å²) < 4.78 is 23.9. The number of methoxy groups -OCH3 is 2. The van der Waals surface area contributed by atoms with Crippen LogP contribution in [0.1, 0.15) is 21.5 Å². The van der Waals surface area contributed by atoms with Crippen LogP contribution < -0.4 is 20.2 Å². The summed E-state index contributed by atoms with van der Waals surface area (Å²) in [5.41, 5.74) is 6.57. The quantitative estimate of drug-likeness (QED) is 0.235. The van der Waals surface area contributed by atoms with Crippen LogP contribution in [-0.2, 0) is 0 Å². The highest BCUT2D eigenvalue weighted by Gasteiger charge is 2.17. The van der Waals surface area contributed by atoms with Gasteiger partial charge in [0.15, 0.2) is 0 Å². The Labute approximate surface area is 206 Å². The topological polar surface area (TPSA) is 84.8 Å². The summed E-state index contributed by atoms with van der Waals surface area (Å²) in [6.45, 7) is 2.00. The second kappa shape index (κ2) is 10.8. The third-order valence-corrected chi connectivity index (χ3v) is 5.97. The molecule has 0 atom stereocenters. The van der Waals surface area contributed by atoms with Crippen molar-refractivity contribution in [3.8, 4) is 22.8 Å². The molecule has 3 aromatic carbocycles. The number of amides is 1. The summed E-state index contributed by atoms with van der Waals surface area (Å²) >= 11 is 1.24. The Morgan fingerprint density at radius 2 is 1.77 bits per heavy atom. The maximum atomic E-state index is 13.2. The lowest BCUT2D eigenvalue weighted by Gasteiger charge is -2.06. The van der Waals surface area contributed by atoms with Crippen LogP contribution in [0.25, 0.3) is 11.3 Å². The molecule has 0 aliphatic carbocycles. The molecular formula is C26H23FN4O3S. The van der Waals surface area contributed by atoms with E-state index in [4.69, 9.17) is 9.47 Å². The van der Waals surface area contributed by atoms with Gasteiger partial charge in [-0.05, 0) is 43.3 Å². The molecular weight excluding hydrogens is 467 g/mol. The van der Waals surface area contributed by atoms with Gasteiger partial charge in [0.25, 0.3) is 5.91 Å². The average molecular weight is 491 g/mol. The van der Waals surface area contributed by atoms with Gasteiger partial charge in [0.1, 0.15) is 28.0 Å². The third kappa shape index (κ3) is 5.82. The summed E-state index contributed by atoms with van der Waals surface area (Å²) in [6.07, 6.45) is 1.61. The summed E-state index contributed by atoms with van der Waals surface area (Å²) in [6, 6.07) is 18.6. The molecule has 0 saturated heterocycles. The fourth-order valence-electron chi connectivity index (χ4n) is 3.22. The van der Waals surface area contributed by atoms with Gasteiger partial charge in [-0.15, -0.1) is 0 Å². The van der Waals surface area contributed by atoms with Gasteiger partial charge in [0.2, 0.25) is 5.13 Å². The van der Waals surface area contributed by atoms with E-state index < -0.39 is 5.82 Å². The van der Waals surface area contributed by atoms with Crippen molar-refractivity contribution < 1.29 is 18.7 Å². The number of nitrogens with one attached hydrogen (secondary N) is 2. The number of anilines is 2. The number of halogens is 1. The van der Waals surface area contributed by atoms with Crippen LogP contribution in [-0.4, -0.2) is 31.3 Å². The van der Waals surface area contributed by atoms with E-state index >= 15 is 0 Å². The first-order chi connectivity index (χ1) is 17.0. The zero-order valence-corrected chi connectivity index (χ0v) is 20.2. The first kappa shape index (κ1) is 23.9. The second-order valence-corrected chi connectivity index (χ2v) is 8.50. The van der Waals surface area contributed by atoms with Crippen molar-refractivity contribution in [2.24, 2.45) is 5.10 Å². The number of carbonyl (C=O) groups excluding carboxylic acids is 1. The number of hydrogen-bond acceptors (Lipinski definition) is 7. The third-order valence-electron chi connectivity index (χ3n) is 5.09. The van der Waals surface area contributed by atoms with Gasteiger partial charge in [-0.2, -0.15) is 5.10 Å². The van der Waals surface area contributed by atoms with Crippen LogP contribution in [0.5, 0.6) is 11.5 Å². The van der Waals surface area contributed by atoms with Crippen molar-refractivity contribution in [2.45, 2.75) is 6.92 Å². The number of ether oxygens (including phenoxy) is 2. The molecule has 0 bridgehead atoms. The molecule has 0 aliphatic heterocycles. The highest BCUT2D eigenvalue weighted by atomic mass is 32.1. The zero-order valence-electron chi connectivity index (χ0n) is 19.3. The van der Waals surface area contributed by atoms with Gasteiger partial charge in [-0.25, -0.2) is 9.37 Å². The fourth-order valence-corrected chi connectivity index (χ4v) is 4.05. The van der Waals surface area contributed by atoms with Gasteiger partial charge < -0.3 is 14.8 Å². The zero-order chi connectivity index (χ0) is 24.8. The highest BCUT2D eigenvalue weighted by Crippen LogP contribution is 2.36. The molecule has 178 valence electrons. The minimum Gasteiger partial charge on any atom is -0.497 e. The molecule has 4 aromatic rings. The standard InChI is InChI=1S/C26H23FN4O3S/c1-16-4-6-17(7-5-16)23-25(30-24(32)18-8-11-20(27)12-9-18)35-26(29-23)31-28-15-19-10-13-21(33-2)14-22(19)34-3/h4-15H,1-3H3,(H,29,31)(H,30,32)/b28-15+. The average Bonchev–Trinajstić information content (AvgIpc) is 3.27. The largest absolute Gasteiger partial charge is 0.497 e. The Kier molecular flexibility index (Phi) is 7.37. The first-order valence-corrected chi connectivity index (χ1v) is 11.4. The number of benzene rings is 3. The molecule has 9 heteroatoms. The maximum absolute atomic E-state index is 13.2. The SMILES string of the molecule is COc1ccc(/C=N/Nc2nc(-c3ccc(C)cc3)c(NC(=O)c3ccc(F)cc3)s2)c(OC)c1. The molecule has 0 aliphatic rings. The molecule has 0 spiro atoms. The van der Waals surface area contributed by atoms with E-state index in [9.17, 15) is 9.18 Å². The number of nitrogens with zero attached hydrogens (tertiary/aromatic N) is 2. The lowest BCUT2D eigenvalue weighted by molar-refractivity contribution is 0.102. The Morgan fingerprint density at radius 1 is 1.03 bits per heavy atom.